The Kier molecular flexibility index (Phi) is 5.04. The summed E-state index contributed by atoms with van der Waals surface area (Å²) >= 11 is 0. The molecule has 1 unspecified atom stereocenters. The van der Waals surface area contributed by atoms with E-state index in [1.807, 2.05) is 30.3 Å². The molecule has 1 N–H and O–H groups in total. The van der Waals surface area contributed by atoms with Gasteiger partial charge in [-0.05, 0) is 18.4 Å². The third-order valence-corrected chi connectivity index (χ3v) is 2.61. The highest BCUT2D eigenvalue weighted by molar-refractivity contribution is 5.22. The van der Waals surface area contributed by atoms with E-state index in [-0.39, 0.29) is 0 Å². The molecule has 0 saturated heterocycles. The minimum atomic E-state index is -0.924. The SMILES string of the molecule is C#CCCCC(O)(COC)c1ccccc1. The third kappa shape index (κ3) is 3.37. The van der Waals surface area contributed by atoms with Crippen LogP contribution in [0.2, 0.25) is 0 Å². The van der Waals surface area contributed by atoms with Gasteiger partial charge in [-0.25, -0.2) is 0 Å². The summed E-state index contributed by atoms with van der Waals surface area (Å²) in [5.41, 5.74) is -0.0405. The molecule has 0 bridgehead atoms. The molecule has 0 spiro atoms. The van der Waals surface area contributed by atoms with Crippen LogP contribution in [0.15, 0.2) is 30.3 Å². The number of benzene rings is 1. The number of unbranched alkanes of at least 4 members (excludes halogenated alkanes) is 1. The second-order valence-corrected chi connectivity index (χ2v) is 3.89. The van der Waals surface area contributed by atoms with Gasteiger partial charge in [-0.2, -0.15) is 0 Å². The van der Waals surface area contributed by atoms with Gasteiger partial charge < -0.3 is 9.84 Å². The molecule has 86 valence electrons. The smallest absolute Gasteiger partial charge is 0.113 e. The normalized spacial score (nSPS) is 14.1. The van der Waals surface area contributed by atoms with Crippen molar-refractivity contribution in [3.63, 3.8) is 0 Å². The van der Waals surface area contributed by atoms with Crippen LogP contribution < -0.4 is 0 Å². The average molecular weight is 218 g/mol. The monoisotopic (exact) mass is 218 g/mol. The molecule has 1 rings (SSSR count). The van der Waals surface area contributed by atoms with Gasteiger partial charge in [0.2, 0.25) is 0 Å². The first kappa shape index (κ1) is 12.8. The lowest BCUT2D eigenvalue weighted by atomic mass is 9.89. The molecule has 0 aliphatic heterocycles. The highest BCUT2D eigenvalue weighted by Crippen LogP contribution is 2.27. The van der Waals surface area contributed by atoms with Crippen molar-refractivity contribution in [2.24, 2.45) is 0 Å². The minimum Gasteiger partial charge on any atom is -0.383 e. The molecule has 16 heavy (non-hydrogen) atoms. The predicted molar refractivity (Wildman–Crippen MR) is 64.9 cm³/mol. The van der Waals surface area contributed by atoms with E-state index in [1.165, 1.54) is 0 Å². The van der Waals surface area contributed by atoms with Crippen LogP contribution in [0.1, 0.15) is 24.8 Å². The second kappa shape index (κ2) is 6.32. The summed E-state index contributed by atoms with van der Waals surface area (Å²) in [5.74, 6) is 2.58. The van der Waals surface area contributed by atoms with Crippen LogP contribution in [0, 0.1) is 12.3 Å². The molecule has 0 fully saturated rings. The van der Waals surface area contributed by atoms with Crippen LogP contribution >= 0.6 is 0 Å². The summed E-state index contributed by atoms with van der Waals surface area (Å²) in [7, 11) is 1.59. The van der Waals surface area contributed by atoms with Gasteiger partial charge in [0.1, 0.15) is 5.60 Å². The zero-order valence-corrected chi connectivity index (χ0v) is 9.65. The van der Waals surface area contributed by atoms with Gasteiger partial charge in [0, 0.05) is 13.5 Å². The summed E-state index contributed by atoms with van der Waals surface area (Å²) in [4.78, 5) is 0. The van der Waals surface area contributed by atoms with Crippen molar-refractivity contribution in [3.05, 3.63) is 35.9 Å². The molecule has 0 radical (unpaired) electrons. The largest absolute Gasteiger partial charge is 0.383 e. The summed E-state index contributed by atoms with van der Waals surface area (Å²) in [6.45, 7) is 0.293. The molecule has 1 aromatic carbocycles. The van der Waals surface area contributed by atoms with Gasteiger partial charge in [0.05, 0.1) is 6.61 Å². The Balaban J connectivity index is 2.76. The molecule has 0 amide bonds. The quantitative estimate of drug-likeness (QED) is 0.586. The van der Waals surface area contributed by atoms with Gasteiger partial charge in [0.15, 0.2) is 0 Å². The van der Waals surface area contributed by atoms with Gasteiger partial charge in [-0.3, -0.25) is 0 Å². The summed E-state index contributed by atoms with van der Waals surface area (Å²) < 4.78 is 5.09. The fourth-order valence-electron chi connectivity index (χ4n) is 1.77. The third-order valence-electron chi connectivity index (χ3n) is 2.61. The van der Waals surface area contributed by atoms with Gasteiger partial charge >= 0.3 is 0 Å². The summed E-state index contributed by atoms with van der Waals surface area (Å²) in [5, 5.41) is 10.5. The number of hydrogen-bond acceptors (Lipinski definition) is 2. The van der Waals surface area contributed by atoms with Crippen molar-refractivity contribution in [1.82, 2.24) is 0 Å². The first-order valence-electron chi connectivity index (χ1n) is 5.43. The van der Waals surface area contributed by atoms with E-state index in [0.717, 1.165) is 12.0 Å². The molecule has 0 heterocycles. The fraction of sp³-hybridized carbons (Fsp3) is 0.429. The maximum atomic E-state index is 10.5. The lowest BCUT2D eigenvalue weighted by molar-refractivity contribution is -0.0431. The average Bonchev–Trinajstić information content (AvgIpc) is 2.31. The molecule has 2 heteroatoms. The van der Waals surface area contributed by atoms with Gasteiger partial charge in [-0.1, -0.05) is 30.3 Å². The van der Waals surface area contributed by atoms with E-state index in [9.17, 15) is 5.11 Å². The second-order valence-electron chi connectivity index (χ2n) is 3.89. The van der Waals surface area contributed by atoms with E-state index in [0.29, 0.717) is 19.4 Å². The Morgan fingerprint density at radius 3 is 2.62 bits per heavy atom. The zero-order valence-electron chi connectivity index (χ0n) is 9.65. The lowest BCUT2D eigenvalue weighted by Gasteiger charge is -2.27. The highest BCUT2D eigenvalue weighted by atomic mass is 16.5. The lowest BCUT2D eigenvalue weighted by Crippen LogP contribution is -2.31. The fourth-order valence-corrected chi connectivity index (χ4v) is 1.77. The molecule has 0 aliphatic rings. The van der Waals surface area contributed by atoms with Crippen LogP contribution in [-0.4, -0.2) is 18.8 Å². The van der Waals surface area contributed by atoms with Crippen molar-refractivity contribution in [3.8, 4) is 12.3 Å². The number of methoxy groups -OCH3 is 1. The van der Waals surface area contributed by atoms with E-state index in [1.54, 1.807) is 7.11 Å². The number of aliphatic hydroxyl groups is 1. The van der Waals surface area contributed by atoms with Crippen molar-refractivity contribution in [2.75, 3.05) is 13.7 Å². The highest BCUT2D eigenvalue weighted by Gasteiger charge is 2.28. The van der Waals surface area contributed by atoms with Crippen LogP contribution in [0.4, 0.5) is 0 Å². The van der Waals surface area contributed by atoms with Crippen LogP contribution in [0.5, 0.6) is 0 Å². The van der Waals surface area contributed by atoms with Crippen LogP contribution in [0.3, 0.4) is 0 Å². The summed E-state index contributed by atoms with van der Waals surface area (Å²) in [6.07, 6.45) is 7.30. The Bertz CT molecular complexity index is 340. The molecule has 1 aromatic rings. The first-order chi connectivity index (χ1) is 7.73. The van der Waals surface area contributed by atoms with E-state index in [4.69, 9.17) is 11.2 Å². The molecule has 0 aromatic heterocycles. The molecule has 1 atom stereocenters. The van der Waals surface area contributed by atoms with E-state index in [2.05, 4.69) is 5.92 Å². The van der Waals surface area contributed by atoms with Crippen molar-refractivity contribution < 1.29 is 9.84 Å². The van der Waals surface area contributed by atoms with Crippen LogP contribution in [-0.2, 0) is 10.3 Å². The number of ether oxygens (including phenoxy) is 1. The Hall–Kier alpha value is -1.30. The molecule has 2 nitrogen and oxygen atoms in total. The van der Waals surface area contributed by atoms with Crippen molar-refractivity contribution in [1.29, 1.82) is 0 Å². The van der Waals surface area contributed by atoms with Crippen LogP contribution in [0.25, 0.3) is 0 Å². The van der Waals surface area contributed by atoms with E-state index >= 15 is 0 Å². The Labute approximate surface area is 97.3 Å². The van der Waals surface area contributed by atoms with Gasteiger partial charge in [0.25, 0.3) is 0 Å². The summed E-state index contributed by atoms with van der Waals surface area (Å²) in [6, 6.07) is 9.58. The maximum absolute atomic E-state index is 10.5. The Morgan fingerprint density at radius 1 is 1.38 bits per heavy atom. The minimum absolute atomic E-state index is 0.293. The topological polar surface area (TPSA) is 29.5 Å². The zero-order chi connectivity index (χ0) is 11.9. The molecule has 0 saturated carbocycles. The predicted octanol–water partition coefficient (Wildman–Crippen LogP) is 2.32. The Morgan fingerprint density at radius 2 is 2.06 bits per heavy atom. The maximum Gasteiger partial charge on any atom is 0.113 e. The number of rotatable bonds is 6. The molecular weight excluding hydrogens is 200 g/mol. The standard InChI is InChI=1S/C14H18O2/c1-3-4-8-11-14(15,12-16-2)13-9-6-5-7-10-13/h1,5-7,9-10,15H,4,8,11-12H2,2H3. The van der Waals surface area contributed by atoms with E-state index < -0.39 is 5.60 Å². The first-order valence-corrected chi connectivity index (χ1v) is 5.43. The van der Waals surface area contributed by atoms with Gasteiger partial charge in [-0.15, -0.1) is 12.3 Å². The molecular formula is C14H18O2. The van der Waals surface area contributed by atoms with Crippen molar-refractivity contribution >= 4 is 0 Å². The number of terminal acetylenes is 1. The molecule has 0 aliphatic carbocycles. The van der Waals surface area contributed by atoms with Crippen molar-refractivity contribution in [2.45, 2.75) is 24.9 Å². The number of hydrogen-bond donors (Lipinski definition) is 1.